The summed E-state index contributed by atoms with van der Waals surface area (Å²) in [6.45, 7) is 2.62. The minimum atomic E-state index is -0.0139. The largest absolute Gasteiger partial charge is 0.348 e. The van der Waals surface area contributed by atoms with Crippen LogP contribution in [0.5, 0.6) is 0 Å². The van der Waals surface area contributed by atoms with Gasteiger partial charge in [-0.2, -0.15) is 0 Å². The van der Waals surface area contributed by atoms with Crippen molar-refractivity contribution in [3.8, 4) is 0 Å². The third-order valence-electron chi connectivity index (χ3n) is 1.94. The van der Waals surface area contributed by atoms with E-state index < -0.39 is 0 Å². The van der Waals surface area contributed by atoms with Crippen LogP contribution < -0.4 is 5.32 Å². The van der Waals surface area contributed by atoms with E-state index in [0.717, 1.165) is 10.7 Å². The zero-order chi connectivity index (χ0) is 12.1. The molecule has 0 fully saturated rings. The van der Waals surface area contributed by atoms with Gasteiger partial charge in [0.25, 0.3) is 5.91 Å². The maximum atomic E-state index is 11.6. The number of amides is 1. The molecule has 2 nitrogen and oxygen atoms in total. The highest BCUT2D eigenvalue weighted by molar-refractivity contribution is 14.2. The number of halogens is 3. The second-order valence-electron chi connectivity index (χ2n) is 3.24. The molecule has 0 aliphatic rings. The molecule has 0 aliphatic heterocycles. The van der Waals surface area contributed by atoms with Crippen LogP contribution in [0.15, 0.2) is 29.4 Å². The second-order valence-corrected chi connectivity index (χ2v) is 8.54. The van der Waals surface area contributed by atoms with Crippen molar-refractivity contribution in [1.82, 2.24) is 5.32 Å². The lowest BCUT2D eigenvalue weighted by Crippen LogP contribution is -2.22. The van der Waals surface area contributed by atoms with Crippen LogP contribution in [0.25, 0.3) is 0 Å². The van der Waals surface area contributed by atoms with Crippen LogP contribution >= 0.6 is 67.8 Å². The summed E-state index contributed by atoms with van der Waals surface area (Å²) in [4.78, 5) is 11.6. The number of nitrogens with one attached hydrogen (secondary N) is 1. The highest BCUT2D eigenvalue weighted by Gasteiger charge is 2.08. The Hall–Kier alpha value is 0.620. The summed E-state index contributed by atoms with van der Waals surface area (Å²) in [5.41, 5.74) is 2.35. The number of benzene rings is 1. The molecule has 5 heteroatoms. The van der Waals surface area contributed by atoms with Gasteiger partial charge in [0.2, 0.25) is 0 Å². The van der Waals surface area contributed by atoms with Crippen LogP contribution in [0, 0.1) is 6.92 Å². The van der Waals surface area contributed by atoms with E-state index in [-0.39, 0.29) is 5.91 Å². The molecule has 0 aliphatic carbocycles. The molecule has 86 valence electrons. The SMILES string of the molecule is Cc1ccc(CNC(=O)C(I)=C(I)I)cc1. The molecule has 1 aromatic rings. The fourth-order valence-electron chi connectivity index (χ4n) is 1.05. The minimum Gasteiger partial charge on any atom is -0.348 e. The van der Waals surface area contributed by atoms with E-state index in [2.05, 4.69) is 73.1 Å². The summed E-state index contributed by atoms with van der Waals surface area (Å²) < 4.78 is 1.73. The fourth-order valence-corrected chi connectivity index (χ4v) is 1.73. The number of aryl methyl sites for hydroxylation is 1. The van der Waals surface area contributed by atoms with Gasteiger partial charge in [-0.15, -0.1) is 0 Å². The van der Waals surface area contributed by atoms with Crippen LogP contribution in [0.2, 0.25) is 0 Å². The van der Waals surface area contributed by atoms with Crippen molar-refractivity contribution in [2.75, 3.05) is 0 Å². The Morgan fingerprint density at radius 3 is 2.25 bits per heavy atom. The Labute approximate surface area is 136 Å². The number of carbonyl (C=O) groups is 1. The van der Waals surface area contributed by atoms with Crippen molar-refractivity contribution in [3.63, 3.8) is 0 Å². The van der Waals surface area contributed by atoms with E-state index >= 15 is 0 Å². The van der Waals surface area contributed by atoms with E-state index in [0.29, 0.717) is 6.54 Å². The van der Waals surface area contributed by atoms with Gasteiger partial charge < -0.3 is 5.32 Å². The molecule has 1 rings (SSSR count). The van der Waals surface area contributed by atoms with Gasteiger partial charge in [0, 0.05) is 6.54 Å². The molecule has 0 heterocycles. The standard InChI is InChI=1S/C11H10I3NO/c1-7-2-4-8(5-3-7)6-15-11(16)9(12)10(13)14/h2-5H,6H2,1H3,(H,15,16). The average molecular weight is 553 g/mol. The molecule has 0 unspecified atom stereocenters. The topological polar surface area (TPSA) is 29.1 Å². The van der Waals surface area contributed by atoms with Crippen molar-refractivity contribution in [1.29, 1.82) is 0 Å². The monoisotopic (exact) mass is 553 g/mol. The highest BCUT2D eigenvalue weighted by atomic mass is 127. The van der Waals surface area contributed by atoms with E-state index in [1.807, 2.05) is 31.2 Å². The van der Waals surface area contributed by atoms with Gasteiger partial charge in [-0.05, 0) is 80.3 Å². The molecular weight excluding hydrogens is 543 g/mol. The Balaban J connectivity index is 2.56. The first kappa shape index (κ1) is 14.7. The number of hydrogen-bond acceptors (Lipinski definition) is 1. The lowest BCUT2D eigenvalue weighted by Gasteiger charge is -2.05. The zero-order valence-electron chi connectivity index (χ0n) is 8.56. The summed E-state index contributed by atoms with van der Waals surface area (Å²) in [6.07, 6.45) is 0. The quantitative estimate of drug-likeness (QED) is 0.444. The summed E-state index contributed by atoms with van der Waals surface area (Å²) in [7, 11) is 0. The van der Waals surface area contributed by atoms with E-state index in [1.165, 1.54) is 5.56 Å². The molecule has 0 saturated heterocycles. The molecule has 0 aromatic heterocycles. The van der Waals surface area contributed by atoms with Gasteiger partial charge in [-0.1, -0.05) is 29.8 Å². The predicted molar refractivity (Wildman–Crippen MR) is 92.1 cm³/mol. The molecule has 16 heavy (non-hydrogen) atoms. The van der Waals surface area contributed by atoms with Gasteiger partial charge in [-0.3, -0.25) is 4.79 Å². The molecule has 1 aromatic carbocycles. The van der Waals surface area contributed by atoms with Crippen molar-refractivity contribution >= 4 is 73.7 Å². The Morgan fingerprint density at radius 2 is 1.75 bits per heavy atom. The maximum absolute atomic E-state index is 11.6. The molecule has 0 spiro atoms. The van der Waals surface area contributed by atoms with Crippen LogP contribution in [0.4, 0.5) is 0 Å². The van der Waals surface area contributed by atoms with E-state index in [9.17, 15) is 4.79 Å². The van der Waals surface area contributed by atoms with Crippen molar-refractivity contribution in [3.05, 3.63) is 40.6 Å². The third kappa shape index (κ3) is 4.86. The molecule has 1 amide bonds. The van der Waals surface area contributed by atoms with Crippen LogP contribution in [0.3, 0.4) is 0 Å². The molecule has 0 radical (unpaired) electrons. The first-order valence-electron chi connectivity index (χ1n) is 4.55. The average Bonchev–Trinajstić information content (AvgIpc) is 2.26. The summed E-state index contributed by atoms with van der Waals surface area (Å²) in [5.74, 6) is -0.0139. The summed E-state index contributed by atoms with van der Waals surface area (Å²) in [5, 5.41) is 2.89. The molecule has 0 atom stereocenters. The Morgan fingerprint density at radius 1 is 1.19 bits per heavy atom. The van der Waals surface area contributed by atoms with Crippen LogP contribution in [-0.2, 0) is 11.3 Å². The lowest BCUT2D eigenvalue weighted by atomic mass is 10.1. The number of rotatable bonds is 3. The van der Waals surface area contributed by atoms with Crippen LogP contribution in [-0.4, -0.2) is 5.91 Å². The molecule has 0 saturated carbocycles. The van der Waals surface area contributed by atoms with Gasteiger partial charge in [0.15, 0.2) is 0 Å². The Bertz CT molecular complexity index is 408. The minimum absolute atomic E-state index is 0.0139. The van der Waals surface area contributed by atoms with E-state index in [1.54, 1.807) is 0 Å². The van der Waals surface area contributed by atoms with Crippen molar-refractivity contribution in [2.45, 2.75) is 13.5 Å². The molecule has 1 N–H and O–H groups in total. The lowest BCUT2D eigenvalue weighted by molar-refractivity contribution is -0.116. The van der Waals surface area contributed by atoms with Gasteiger partial charge in [0.1, 0.15) is 0 Å². The summed E-state index contributed by atoms with van der Waals surface area (Å²) in [6, 6.07) is 8.15. The fraction of sp³-hybridized carbons (Fsp3) is 0.182. The van der Waals surface area contributed by atoms with Crippen molar-refractivity contribution in [2.24, 2.45) is 0 Å². The second kappa shape index (κ2) is 7.14. The maximum Gasteiger partial charge on any atom is 0.259 e. The smallest absolute Gasteiger partial charge is 0.259 e. The first-order chi connectivity index (χ1) is 7.50. The zero-order valence-corrected chi connectivity index (χ0v) is 15.0. The number of hydrogen-bond donors (Lipinski definition) is 1. The van der Waals surface area contributed by atoms with Crippen LogP contribution in [0.1, 0.15) is 11.1 Å². The molecular formula is C11H10I3NO. The summed E-state index contributed by atoms with van der Waals surface area (Å²) >= 11 is 6.34. The Kier molecular flexibility index (Phi) is 6.55. The first-order valence-corrected chi connectivity index (χ1v) is 7.79. The van der Waals surface area contributed by atoms with Gasteiger partial charge >= 0.3 is 0 Å². The number of carbonyl (C=O) groups excluding carboxylic acids is 1. The molecule has 0 bridgehead atoms. The highest BCUT2D eigenvalue weighted by Crippen LogP contribution is 2.25. The van der Waals surface area contributed by atoms with Gasteiger partial charge in [-0.25, -0.2) is 0 Å². The van der Waals surface area contributed by atoms with E-state index in [4.69, 9.17) is 0 Å². The van der Waals surface area contributed by atoms with Crippen molar-refractivity contribution < 1.29 is 4.79 Å². The van der Waals surface area contributed by atoms with Gasteiger partial charge in [0.05, 0.1) is 5.17 Å². The third-order valence-corrected chi connectivity index (χ3v) is 6.11. The predicted octanol–water partition coefficient (Wildman–Crippen LogP) is 4.09. The normalized spacial score (nSPS) is 9.75.